The predicted molar refractivity (Wildman–Crippen MR) is 104 cm³/mol. The van der Waals surface area contributed by atoms with Crippen LogP contribution in [0.5, 0.6) is 5.75 Å². The summed E-state index contributed by atoms with van der Waals surface area (Å²) in [7, 11) is 0. The molecule has 0 atom stereocenters. The second kappa shape index (κ2) is 7.26. The van der Waals surface area contributed by atoms with Gasteiger partial charge >= 0.3 is 5.97 Å². The van der Waals surface area contributed by atoms with Crippen LogP contribution in [0.4, 0.5) is 5.69 Å². The number of carbonyl (C=O) groups is 2. The highest BCUT2D eigenvalue weighted by molar-refractivity contribution is 5.95. The van der Waals surface area contributed by atoms with E-state index in [9.17, 15) is 14.4 Å². The molecule has 142 valence electrons. The second-order valence-electron chi connectivity index (χ2n) is 6.71. The summed E-state index contributed by atoms with van der Waals surface area (Å²) in [5.74, 6) is -0.137. The monoisotopic (exact) mass is 377 g/mol. The SMILES string of the molecule is Cc1nn(CC(=O)Oc2ccc(N3CCCC3=O)cc2)c(=O)c2ccccc12. The Hall–Kier alpha value is -3.48. The third-order valence-corrected chi connectivity index (χ3v) is 4.78. The van der Waals surface area contributed by atoms with Crippen LogP contribution in [0.1, 0.15) is 18.5 Å². The highest BCUT2D eigenvalue weighted by atomic mass is 16.5. The minimum absolute atomic E-state index is 0.0990. The van der Waals surface area contributed by atoms with E-state index >= 15 is 0 Å². The lowest BCUT2D eigenvalue weighted by molar-refractivity contribution is -0.135. The average Bonchev–Trinajstić information content (AvgIpc) is 3.12. The lowest BCUT2D eigenvalue weighted by atomic mass is 10.1. The first kappa shape index (κ1) is 17.9. The smallest absolute Gasteiger partial charge is 0.333 e. The summed E-state index contributed by atoms with van der Waals surface area (Å²) >= 11 is 0. The van der Waals surface area contributed by atoms with Crippen molar-refractivity contribution in [2.45, 2.75) is 26.3 Å². The molecule has 1 aromatic heterocycles. The molecule has 7 nitrogen and oxygen atoms in total. The highest BCUT2D eigenvalue weighted by Gasteiger charge is 2.21. The number of hydrogen-bond acceptors (Lipinski definition) is 5. The molecular formula is C21H19N3O4. The zero-order valence-electron chi connectivity index (χ0n) is 15.4. The largest absolute Gasteiger partial charge is 0.425 e. The topological polar surface area (TPSA) is 81.5 Å². The third-order valence-electron chi connectivity index (χ3n) is 4.78. The summed E-state index contributed by atoms with van der Waals surface area (Å²) < 4.78 is 6.45. The number of fused-ring (bicyclic) bond motifs is 1. The molecule has 1 saturated heterocycles. The molecular weight excluding hydrogens is 358 g/mol. The normalized spacial score (nSPS) is 13.9. The number of rotatable bonds is 4. The van der Waals surface area contributed by atoms with Gasteiger partial charge < -0.3 is 9.64 Å². The van der Waals surface area contributed by atoms with Crippen LogP contribution in [-0.4, -0.2) is 28.2 Å². The van der Waals surface area contributed by atoms with Crippen molar-refractivity contribution < 1.29 is 14.3 Å². The standard InChI is InChI=1S/C21H19N3O4/c1-14-17-5-2-3-6-18(17)21(27)24(22-14)13-20(26)28-16-10-8-15(9-11-16)23-12-4-7-19(23)25/h2-3,5-6,8-11H,4,7,12-13H2,1H3. The summed E-state index contributed by atoms with van der Waals surface area (Å²) in [6.07, 6.45) is 1.41. The Morgan fingerprint density at radius 2 is 1.79 bits per heavy atom. The summed E-state index contributed by atoms with van der Waals surface area (Å²) in [5, 5.41) is 5.50. The third kappa shape index (κ3) is 3.38. The molecule has 0 aliphatic carbocycles. The Bertz CT molecular complexity index is 1120. The van der Waals surface area contributed by atoms with Gasteiger partial charge in [-0.15, -0.1) is 0 Å². The van der Waals surface area contributed by atoms with E-state index < -0.39 is 5.97 Å². The maximum absolute atomic E-state index is 12.5. The van der Waals surface area contributed by atoms with Crippen LogP contribution in [0.2, 0.25) is 0 Å². The first-order valence-electron chi connectivity index (χ1n) is 9.10. The fourth-order valence-corrected chi connectivity index (χ4v) is 3.41. The van der Waals surface area contributed by atoms with Gasteiger partial charge in [0, 0.05) is 24.0 Å². The fraction of sp³-hybridized carbons (Fsp3) is 0.238. The summed E-state index contributed by atoms with van der Waals surface area (Å²) in [5.41, 5.74) is 1.12. The molecule has 1 aliphatic heterocycles. The molecule has 28 heavy (non-hydrogen) atoms. The molecule has 2 aromatic carbocycles. The van der Waals surface area contributed by atoms with Crippen molar-refractivity contribution in [1.29, 1.82) is 0 Å². The van der Waals surface area contributed by atoms with E-state index in [1.54, 1.807) is 48.2 Å². The Labute approximate surface area is 161 Å². The van der Waals surface area contributed by atoms with Crippen LogP contribution in [-0.2, 0) is 16.1 Å². The number of anilines is 1. The zero-order valence-corrected chi connectivity index (χ0v) is 15.4. The van der Waals surface area contributed by atoms with Crippen LogP contribution in [0, 0.1) is 6.92 Å². The van der Waals surface area contributed by atoms with Gasteiger partial charge in [0.15, 0.2) is 0 Å². The van der Waals surface area contributed by atoms with Crippen molar-refractivity contribution in [2.24, 2.45) is 0 Å². The van der Waals surface area contributed by atoms with Crippen LogP contribution in [0.15, 0.2) is 53.3 Å². The van der Waals surface area contributed by atoms with E-state index in [2.05, 4.69) is 5.10 Å². The van der Waals surface area contributed by atoms with Gasteiger partial charge in [-0.25, -0.2) is 9.48 Å². The highest BCUT2D eigenvalue weighted by Crippen LogP contribution is 2.24. The summed E-state index contributed by atoms with van der Waals surface area (Å²) in [6.45, 7) is 2.21. The number of nitrogens with zero attached hydrogens (tertiary/aromatic N) is 3. The van der Waals surface area contributed by atoms with Crippen LogP contribution in [0.25, 0.3) is 10.8 Å². The molecule has 4 rings (SSSR count). The molecule has 0 bridgehead atoms. The van der Waals surface area contributed by atoms with Gasteiger partial charge in [0.05, 0.1) is 11.1 Å². The average molecular weight is 377 g/mol. The quantitative estimate of drug-likeness (QED) is 0.515. The molecule has 0 spiro atoms. The van der Waals surface area contributed by atoms with Crippen molar-refractivity contribution >= 4 is 28.3 Å². The number of ether oxygens (including phenoxy) is 1. The van der Waals surface area contributed by atoms with E-state index in [1.807, 2.05) is 12.1 Å². The zero-order chi connectivity index (χ0) is 19.7. The molecule has 3 aromatic rings. The molecule has 7 heteroatoms. The number of carbonyl (C=O) groups excluding carboxylic acids is 2. The van der Waals surface area contributed by atoms with Gasteiger partial charge in [0.25, 0.3) is 5.56 Å². The van der Waals surface area contributed by atoms with Gasteiger partial charge in [-0.05, 0) is 43.7 Å². The number of amides is 1. The van der Waals surface area contributed by atoms with Crippen molar-refractivity contribution in [2.75, 3.05) is 11.4 Å². The lowest BCUT2D eigenvalue weighted by Crippen LogP contribution is -2.29. The van der Waals surface area contributed by atoms with Crippen molar-refractivity contribution in [1.82, 2.24) is 9.78 Å². The van der Waals surface area contributed by atoms with Crippen LogP contribution >= 0.6 is 0 Å². The van der Waals surface area contributed by atoms with Gasteiger partial charge in [-0.2, -0.15) is 5.10 Å². The van der Waals surface area contributed by atoms with Crippen molar-refractivity contribution in [3.63, 3.8) is 0 Å². The molecule has 0 saturated carbocycles. The van der Waals surface area contributed by atoms with Gasteiger partial charge in [0.1, 0.15) is 12.3 Å². The molecule has 1 fully saturated rings. The molecule has 1 aliphatic rings. The molecule has 0 N–H and O–H groups in total. The van der Waals surface area contributed by atoms with E-state index in [1.165, 1.54) is 0 Å². The minimum atomic E-state index is -0.589. The lowest BCUT2D eigenvalue weighted by Gasteiger charge is -2.15. The van der Waals surface area contributed by atoms with Crippen molar-refractivity contribution in [3.8, 4) is 5.75 Å². The van der Waals surface area contributed by atoms with E-state index in [0.717, 1.165) is 22.2 Å². The minimum Gasteiger partial charge on any atom is -0.425 e. The number of hydrogen-bond donors (Lipinski definition) is 0. The van der Waals surface area contributed by atoms with Gasteiger partial charge in [0.2, 0.25) is 5.91 Å². The Kier molecular flexibility index (Phi) is 4.65. The van der Waals surface area contributed by atoms with Gasteiger partial charge in [-0.3, -0.25) is 9.59 Å². The maximum Gasteiger partial charge on any atom is 0.333 e. The van der Waals surface area contributed by atoms with Gasteiger partial charge in [-0.1, -0.05) is 18.2 Å². The Balaban J connectivity index is 1.49. The molecule has 2 heterocycles. The Morgan fingerprint density at radius 3 is 2.46 bits per heavy atom. The maximum atomic E-state index is 12.5. The fourth-order valence-electron chi connectivity index (χ4n) is 3.41. The number of aryl methyl sites for hydroxylation is 1. The van der Waals surface area contributed by atoms with E-state index in [4.69, 9.17) is 4.74 Å². The van der Waals surface area contributed by atoms with E-state index in [0.29, 0.717) is 29.8 Å². The molecule has 1 amide bonds. The molecule has 0 unspecified atom stereocenters. The van der Waals surface area contributed by atoms with Crippen LogP contribution < -0.4 is 15.2 Å². The first-order chi connectivity index (χ1) is 13.5. The van der Waals surface area contributed by atoms with Crippen LogP contribution in [0.3, 0.4) is 0 Å². The number of benzene rings is 2. The van der Waals surface area contributed by atoms with E-state index in [-0.39, 0.29) is 18.0 Å². The predicted octanol–water partition coefficient (Wildman–Crippen LogP) is 2.44. The number of aromatic nitrogens is 2. The summed E-state index contributed by atoms with van der Waals surface area (Å²) in [6, 6.07) is 13.9. The number of esters is 1. The second-order valence-corrected chi connectivity index (χ2v) is 6.71. The van der Waals surface area contributed by atoms with Crippen molar-refractivity contribution in [3.05, 3.63) is 64.6 Å². The summed E-state index contributed by atoms with van der Waals surface area (Å²) in [4.78, 5) is 38.3. The molecule has 0 radical (unpaired) electrons. The first-order valence-corrected chi connectivity index (χ1v) is 9.10. The Morgan fingerprint density at radius 1 is 1.07 bits per heavy atom.